The smallest absolute Gasteiger partial charge is 0.416 e. The molecule has 2 aromatic carbocycles. The number of hydrogen-bond acceptors (Lipinski definition) is 2. The largest absolute Gasteiger partial charge is 0.477 e. The van der Waals surface area contributed by atoms with Crippen LogP contribution in [0.15, 0.2) is 48.2 Å². The fraction of sp³-hybridized carbons (Fsp3) is 0.143. The second-order valence-corrected chi connectivity index (χ2v) is 7.14. The standard InChI is InChI=1S/C21H11ClF6N2O2/c22-16-2-1-3-17-18(16)13(6-12(8-29)19(31)32)10-30(17)9-11-4-14(20(23,24)25)7-15(5-11)21(26,27)28/h1-7,10H,9H2,(H,31,32)/b12-6+. The number of carboxylic acids is 1. The molecule has 32 heavy (non-hydrogen) atoms. The Morgan fingerprint density at radius 1 is 1.09 bits per heavy atom. The van der Waals surface area contributed by atoms with Gasteiger partial charge in [0.25, 0.3) is 0 Å². The zero-order valence-corrected chi connectivity index (χ0v) is 16.5. The van der Waals surface area contributed by atoms with Crippen molar-refractivity contribution in [3.8, 4) is 6.07 Å². The minimum Gasteiger partial charge on any atom is -0.477 e. The number of fused-ring (bicyclic) bond motifs is 1. The van der Waals surface area contributed by atoms with Crippen molar-refractivity contribution >= 4 is 34.5 Å². The fourth-order valence-corrected chi connectivity index (χ4v) is 3.46. The molecule has 3 aromatic rings. The number of aromatic nitrogens is 1. The van der Waals surface area contributed by atoms with Crippen molar-refractivity contribution in [3.05, 3.63) is 75.4 Å². The molecule has 4 nitrogen and oxygen atoms in total. The summed E-state index contributed by atoms with van der Waals surface area (Å²) in [6.07, 6.45) is -7.64. The van der Waals surface area contributed by atoms with Gasteiger partial charge in [-0.05, 0) is 42.0 Å². The molecule has 0 saturated heterocycles. The van der Waals surface area contributed by atoms with Crippen LogP contribution in [0.5, 0.6) is 0 Å². The molecule has 0 bridgehead atoms. The van der Waals surface area contributed by atoms with Crippen LogP contribution in [-0.2, 0) is 23.7 Å². The van der Waals surface area contributed by atoms with Crippen LogP contribution in [0.25, 0.3) is 17.0 Å². The van der Waals surface area contributed by atoms with Gasteiger partial charge in [-0.2, -0.15) is 31.6 Å². The van der Waals surface area contributed by atoms with E-state index in [1.807, 2.05) is 0 Å². The van der Waals surface area contributed by atoms with E-state index in [2.05, 4.69) is 0 Å². The molecule has 11 heteroatoms. The van der Waals surface area contributed by atoms with Crippen molar-refractivity contribution in [1.82, 2.24) is 4.57 Å². The molecule has 0 amide bonds. The summed E-state index contributed by atoms with van der Waals surface area (Å²) in [5.41, 5.74) is -3.30. The highest BCUT2D eigenvalue weighted by Gasteiger charge is 2.36. The second-order valence-electron chi connectivity index (χ2n) is 6.74. The highest BCUT2D eigenvalue weighted by Crippen LogP contribution is 2.37. The van der Waals surface area contributed by atoms with Crippen LogP contribution < -0.4 is 0 Å². The van der Waals surface area contributed by atoms with Crippen LogP contribution in [0.2, 0.25) is 5.02 Å². The Labute approximate surface area is 181 Å². The van der Waals surface area contributed by atoms with Gasteiger partial charge in [-0.1, -0.05) is 17.7 Å². The van der Waals surface area contributed by atoms with Crippen LogP contribution in [0.3, 0.4) is 0 Å². The Bertz CT molecular complexity index is 1250. The van der Waals surface area contributed by atoms with Gasteiger partial charge >= 0.3 is 18.3 Å². The first-order valence-electron chi connectivity index (χ1n) is 8.72. The summed E-state index contributed by atoms with van der Waals surface area (Å²) < 4.78 is 80.3. The third-order valence-electron chi connectivity index (χ3n) is 4.54. The maximum absolute atomic E-state index is 13.2. The van der Waals surface area contributed by atoms with Gasteiger partial charge in [0.05, 0.1) is 21.7 Å². The number of halogens is 7. The monoisotopic (exact) mass is 472 g/mol. The molecule has 0 aliphatic rings. The van der Waals surface area contributed by atoms with Gasteiger partial charge in [-0.15, -0.1) is 0 Å². The number of nitrogens with zero attached hydrogens (tertiary/aromatic N) is 2. The SMILES string of the molecule is N#C/C(=C\c1cn(Cc2cc(C(F)(F)F)cc(C(F)(F)F)c2)c2cccc(Cl)c12)C(=O)O. The molecule has 3 rings (SSSR count). The number of benzene rings is 2. The molecule has 0 saturated carbocycles. The molecule has 0 fully saturated rings. The molecule has 0 aliphatic heterocycles. The molecule has 0 atom stereocenters. The van der Waals surface area contributed by atoms with E-state index < -0.39 is 41.6 Å². The molecule has 0 aliphatic carbocycles. The average Bonchev–Trinajstić information content (AvgIpc) is 3.02. The summed E-state index contributed by atoms with van der Waals surface area (Å²) in [6.45, 7) is -0.396. The maximum atomic E-state index is 13.2. The predicted octanol–water partition coefficient (Wildman–Crippen LogP) is 6.37. The molecule has 1 heterocycles. The van der Waals surface area contributed by atoms with E-state index in [9.17, 15) is 31.1 Å². The third kappa shape index (κ3) is 4.73. The number of nitriles is 1. The summed E-state index contributed by atoms with van der Waals surface area (Å²) >= 11 is 6.18. The van der Waals surface area contributed by atoms with E-state index in [1.165, 1.54) is 35.0 Å². The van der Waals surface area contributed by atoms with Gasteiger partial charge in [0.1, 0.15) is 11.6 Å². The minimum absolute atomic E-state index is 0.0361. The quantitative estimate of drug-likeness (QED) is 0.272. The van der Waals surface area contributed by atoms with Crippen molar-refractivity contribution < 1.29 is 36.2 Å². The zero-order chi connectivity index (χ0) is 23.8. The first kappa shape index (κ1) is 23.2. The Morgan fingerprint density at radius 3 is 2.19 bits per heavy atom. The normalized spacial score (nSPS) is 12.8. The number of hydrogen-bond donors (Lipinski definition) is 1. The maximum Gasteiger partial charge on any atom is 0.416 e. The Hall–Kier alpha value is -3.45. The molecule has 0 spiro atoms. The van der Waals surface area contributed by atoms with Crippen molar-refractivity contribution in [3.63, 3.8) is 0 Å². The van der Waals surface area contributed by atoms with E-state index in [1.54, 1.807) is 0 Å². The molecule has 166 valence electrons. The number of rotatable bonds is 4. The van der Waals surface area contributed by atoms with Gasteiger partial charge in [0.2, 0.25) is 0 Å². The summed E-state index contributed by atoms with van der Waals surface area (Å²) in [5, 5.41) is 18.6. The van der Waals surface area contributed by atoms with Crippen molar-refractivity contribution in [2.45, 2.75) is 18.9 Å². The highest BCUT2D eigenvalue weighted by atomic mass is 35.5. The van der Waals surface area contributed by atoms with Crippen LogP contribution in [0.1, 0.15) is 22.3 Å². The fourth-order valence-electron chi connectivity index (χ4n) is 3.18. The van der Waals surface area contributed by atoms with Gasteiger partial charge in [0, 0.05) is 23.7 Å². The summed E-state index contributed by atoms with van der Waals surface area (Å²) in [4.78, 5) is 11.2. The summed E-state index contributed by atoms with van der Waals surface area (Å²) in [7, 11) is 0. The van der Waals surface area contributed by atoms with Gasteiger partial charge in [0.15, 0.2) is 0 Å². The van der Waals surface area contributed by atoms with Gasteiger partial charge < -0.3 is 9.67 Å². The zero-order valence-electron chi connectivity index (χ0n) is 15.7. The second kappa shape index (κ2) is 8.24. The lowest BCUT2D eigenvalue weighted by molar-refractivity contribution is -0.143. The van der Waals surface area contributed by atoms with Crippen molar-refractivity contribution in [1.29, 1.82) is 5.26 Å². The first-order chi connectivity index (χ1) is 14.8. The molecule has 0 unspecified atom stereocenters. The summed E-state index contributed by atoms with van der Waals surface area (Å²) in [6, 6.07) is 7.27. The molecule has 0 radical (unpaired) electrons. The predicted molar refractivity (Wildman–Crippen MR) is 104 cm³/mol. The highest BCUT2D eigenvalue weighted by molar-refractivity contribution is 6.36. The number of alkyl halides is 6. The van der Waals surface area contributed by atoms with Gasteiger partial charge in [-0.25, -0.2) is 4.79 Å². The molecule has 1 aromatic heterocycles. The average molecular weight is 473 g/mol. The van der Waals surface area contributed by atoms with Crippen molar-refractivity contribution in [2.75, 3.05) is 0 Å². The summed E-state index contributed by atoms with van der Waals surface area (Å²) in [5.74, 6) is -1.51. The van der Waals surface area contributed by atoms with E-state index in [-0.39, 0.29) is 22.2 Å². The van der Waals surface area contributed by atoms with E-state index in [0.29, 0.717) is 23.0 Å². The Balaban J connectivity index is 2.20. The lowest BCUT2D eigenvalue weighted by Crippen LogP contribution is -2.12. The van der Waals surface area contributed by atoms with Crippen molar-refractivity contribution in [2.24, 2.45) is 0 Å². The first-order valence-corrected chi connectivity index (χ1v) is 9.10. The van der Waals surface area contributed by atoms with Crippen LogP contribution in [0.4, 0.5) is 26.3 Å². The van der Waals surface area contributed by atoms with Gasteiger partial charge in [-0.3, -0.25) is 0 Å². The third-order valence-corrected chi connectivity index (χ3v) is 4.85. The van der Waals surface area contributed by atoms with E-state index >= 15 is 0 Å². The molecular weight excluding hydrogens is 462 g/mol. The lowest BCUT2D eigenvalue weighted by Gasteiger charge is -2.15. The Morgan fingerprint density at radius 2 is 1.69 bits per heavy atom. The minimum atomic E-state index is -4.99. The number of carbonyl (C=O) groups is 1. The van der Waals surface area contributed by atoms with Crippen LogP contribution >= 0.6 is 11.6 Å². The van der Waals surface area contributed by atoms with Crippen LogP contribution in [-0.4, -0.2) is 15.6 Å². The number of aliphatic carboxylic acids is 1. The van der Waals surface area contributed by atoms with E-state index in [0.717, 1.165) is 6.08 Å². The van der Waals surface area contributed by atoms with E-state index in [4.69, 9.17) is 22.0 Å². The molecule has 1 N–H and O–H groups in total. The Kier molecular flexibility index (Phi) is 5.98. The van der Waals surface area contributed by atoms with Crippen LogP contribution in [0, 0.1) is 11.3 Å². The molecular formula is C21H11ClF6N2O2. The topological polar surface area (TPSA) is 66.0 Å². The number of carboxylic acid groups (broad SMARTS) is 1. The lowest BCUT2D eigenvalue weighted by atomic mass is 10.0.